The number of nitrogens with zero attached hydrogens (tertiary/aromatic N) is 2. The van der Waals surface area contributed by atoms with Crippen molar-refractivity contribution in [3.05, 3.63) is 70.6 Å². The maximum absolute atomic E-state index is 11.9. The monoisotopic (exact) mass is 350 g/mol. The summed E-state index contributed by atoms with van der Waals surface area (Å²) in [5.41, 5.74) is 2.56. The number of benzene rings is 2. The molecule has 0 unspecified atom stereocenters. The van der Waals surface area contributed by atoms with Gasteiger partial charge in [0, 0.05) is 49.9 Å². The summed E-state index contributed by atoms with van der Waals surface area (Å²) in [7, 11) is 1.64. The predicted molar refractivity (Wildman–Crippen MR) is 103 cm³/mol. The minimum Gasteiger partial charge on any atom is -0.497 e. The lowest BCUT2D eigenvalue weighted by molar-refractivity contribution is 0.250. The van der Waals surface area contributed by atoms with E-state index in [0.717, 1.165) is 49.4 Å². The first-order valence-corrected chi connectivity index (χ1v) is 8.86. The van der Waals surface area contributed by atoms with E-state index < -0.39 is 0 Å². The van der Waals surface area contributed by atoms with Crippen LogP contribution in [-0.4, -0.2) is 38.2 Å². The number of para-hydroxylation sites is 1. The van der Waals surface area contributed by atoms with Crippen molar-refractivity contribution < 1.29 is 9.15 Å². The molecule has 3 aromatic rings. The Balaban J connectivity index is 1.52. The van der Waals surface area contributed by atoms with Gasteiger partial charge in [-0.2, -0.15) is 0 Å². The molecule has 0 saturated carbocycles. The summed E-state index contributed by atoms with van der Waals surface area (Å²) in [5.74, 6) is 0.765. The molecule has 1 fully saturated rings. The number of methoxy groups -OCH3 is 1. The van der Waals surface area contributed by atoms with Gasteiger partial charge in [0.2, 0.25) is 0 Å². The van der Waals surface area contributed by atoms with Crippen molar-refractivity contribution >= 4 is 16.7 Å². The Morgan fingerprint density at radius 3 is 2.50 bits per heavy atom. The first kappa shape index (κ1) is 16.7. The van der Waals surface area contributed by atoms with Gasteiger partial charge in [-0.25, -0.2) is 4.79 Å². The fourth-order valence-corrected chi connectivity index (χ4v) is 3.51. The minimum absolute atomic E-state index is 0.305. The first-order valence-electron chi connectivity index (χ1n) is 8.86. The third kappa shape index (κ3) is 3.44. The zero-order valence-electron chi connectivity index (χ0n) is 14.9. The summed E-state index contributed by atoms with van der Waals surface area (Å²) in [6.45, 7) is 4.61. The van der Waals surface area contributed by atoms with Gasteiger partial charge in [-0.15, -0.1) is 0 Å². The van der Waals surface area contributed by atoms with Crippen LogP contribution in [0.1, 0.15) is 5.56 Å². The molecule has 1 saturated heterocycles. The van der Waals surface area contributed by atoms with Gasteiger partial charge in [0.05, 0.1) is 7.11 Å². The number of rotatable bonds is 4. The van der Waals surface area contributed by atoms with Crippen molar-refractivity contribution in [2.75, 3.05) is 38.2 Å². The van der Waals surface area contributed by atoms with E-state index in [1.54, 1.807) is 19.2 Å². The van der Waals surface area contributed by atoms with Crippen molar-refractivity contribution in [2.24, 2.45) is 0 Å². The van der Waals surface area contributed by atoms with E-state index in [0.29, 0.717) is 5.58 Å². The number of hydrogen-bond acceptors (Lipinski definition) is 5. The molecule has 1 aromatic heterocycles. The second-order valence-electron chi connectivity index (χ2n) is 6.55. The van der Waals surface area contributed by atoms with Gasteiger partial charge in [0.15, 0.2) is 0 Å². The zero-order chi connectivity index (χ0) is 17.9. The maximum atomic E-state index is 11.9. The van der Waals surface area contributed by atoms with Crippen molar-refractivity contribution in [1.82, 2.24) is 4.90 Å². The van der Waals surface area contributed by atoms with Crippen LogP contribution in [0.15, 0.2) is 63.8 Å². The number of fused-ring (bicyclic) bond motifs is 1. The van der Waals surface area contributed by atoms with E-state index >= 15 is 0 Å². The average Bonchev–Trinajstić information content (AvgIpc) is 2.69. The van der Waals surface area contributed by atoms with Gasteiger partial charge in [0.25, 0.3) is 0 Å². The number of anilines is 1. The second-order valence-corrected chi connectivity index (χ2v) is 6.55. The van der Waals surface area contributed by atoms with Crippen LogP contribution in [0.5, 0.6) is 5.75 Å². The van der Waals surface area contributed by atoms with E-state index in [9.17, 15) is 4.79 Å². The average molecular weight is 350 g/mol. The molecule has 0 spiro atoms. The lowest BCUT2D eigenvalue weighted by atomic mass is 10.1. The van der Waals surface area contributed by atoms with Crippen LogP contribution in [-0.2, 0) is 6.54 Å². The SMILES string of the molecule is COc1ccc2oc(=O)cc(CN3CCN(c4ccccc4)CC3)c2c1. The fourth-order valence-electron chi connectivity index (χ4n) is 3.51. The van der Waals surface area contributed by atoms with Gasteiger partial charge in [-0.05, 0) is 35.9 Å². The van der Waals surface area contributed by atoms with Crippen molar-refractivity contribution in [3.63, 3.8) is 0 Å². The van der Waals surface area contributed by atoms with Crippen molar-refractivity contribution in [2.45, 2.75) is 6.54 Å². The quantitative estimate of drug-likeness (QED) is 0.677. The lowest BCUT2D eigenvalue weighted by Gasteiger charge is -2.36. The van der Waals surface area contributed by atoms with E-state index in [4.69, 9.17) is 9.15 Å². The van der Waals surface area contributed by atoms with Gasteiger partial charge < -0.3 is 14.1 Å². The minimum atomic E-state index is -0.305. The smallest absolute Gasteiger partial charge is 0.336 e. The van der Waals surface area contributed by atoms with Gasteiger partial charge >= 0.3 is 5.63 Å². The predicted octanol–water partition coefficient (Wildman–Crippen LogP) is 3.12. The van der Waals surface area contributed by atoms with E-state index in [2.05, 4.69) is 34.1 Å². The summed E-state index contributed by atoms with van der Waals surface area (Å²) >= 11 is 0. The largest absolute Gasteiger partial charge is 0.497 e. The molecular weight excluding hydrogens is 328 g/mol. The molecule has 1 aliphatic heterocycles. The van der Waals surface area contributed by atoms with Crippen LogP contribution in [0.4, 0.5) is 5.69 Å². The Hall–Kier alpha value is -2.79. The van der Waals surface area contributed by atoms with Crippen LogP contribution in [0.2, 0.25) is 0 Å². The number of hydrogen-bond donors (Lipinski definition) is 0. The Morgan fingerprint density at radius 2 is 1.77 bits per heavy atom. The molecule has 5 heteroatoms. The maximum Gasteiger partial charge on any atom is 0.336 e. The molecule has 0 amide bonds. The van der Waals surface area contributed by atoms with Crippen LogP contribution in [0.25, 0.3) is 11.0 Å². The molecular formula is C21H22N2O3. The molecule has 134 valence electrons. The Kier molecular flexibility index (Phi) is 4.63. The summed E-state index contributed by atoms with van der Waals surface area (Å²) in [6, 6.07) is 17.6. The highest BCUT2D eigenvalue weighted by atomic mass is 16.5. The standard InChI is InChI=1S/C21H22N2O3/c1-25-18-7-8-20-19(14-18)16(13-21(24)26-20)15-22-9-11-23(12-10-22)17-5-3-2-4-6-17/h2-8,13-14H,9-12,15H2,1H3. The van der Waals surface area contributed by atoms with E-state index in [-0.39, 0.29) is 5.63 Å². The molecule has 5 nitrogen and oxygen atoms in total. The fraction of sp³-hybridized carbons (Fsp3) is 0.286. The molecule has 0 atom stereocenters. The molecule has 2 heterocycles. The van der Waals surface area contributed by atoms with Crippen LogP contribution < -0.4 is 15.3 Å². The van der Waals surface area contributed by atoms with Crippen LogP contribution in [0, 0.1) is 0 Å². The number of ether oxygens (including phenoxy) is 1. The van der Waals surface area contributed by atoms with Crippen LogP contribution in [0.3, 0.4) is 0 Å². The molecule has 0 N–H and O–H groups in total. The summed E-state index contributed by atoms with van der Waals surface area (Å²) in [5, 5.41) is 0.939. The molecule has 4 rings (SSSR count). The highest BCUT2D eigenvalue weighted by Gasteiger charge is 2.18. The molecule has 2 aromatic carbocycles. The molecule has 26 heavy (non-hydrogen) atoms. The zero-order valence-corrected chi connectivity index (χ0v) is 14.9. The van der Waals surface area contributed by atoms with E-state index in [1.165, 1.54) is 5.69 Å². The van der Waals surface area contributed by atoms with Gasteiger partial charge in [0.1, 0.15) is 11.3 Å². The van der Waals surface area contributed by atoms with Gasteiger partial charge in [-0.1, -0.05) is 18.2 Å². The number of piperazine rings is 1. The highest BCUT2D eigenvalue weighted by Crippen LogP contribution is 2.24. The normalized spacial score (nSPS) is 15.3. The van der Waals surface area contributed by atoms with Gasteiger partial charge in [-0.3, -0.25) is 4.90 Å². The third-order valence-corrected chi connectivity index (χ3v) is 4.92. The molecule has 0 bridgehead atoms. The summed E-state index contributed by atoms with van der Waals surface area (Å²) in [4.78, 5) is 16.7. The first-order chi connectivity index (χ1) is 12.7. The topological polar surface area (TPSA) is 45.9 Å². The molecule has 0 radical (unpaired) electrons. The third-order valence-electron chi connectivity index (χ3n) is 4.92. The Morgan fingerprint density at radius 1 is 1.00 bits per heavy atom. The Bertz CT molecular complexity index is 944. The van der Waals surface area contributed by atoms with Crippen molar-refractivity contribution in [3.8, 4) is 5.75 Å². The summed E-state index contributed by atoms with van der Waals surface area (Å²) < 4.78 is 10.6. The molecule has 1 aliphatic rings. The Labute approximate surface area is 152 Å². The van der Waals surface area contributed by atoms with Crippen molar-refractivity contribution in [1.29, 1.82) is 0 Å². The van der Waals surface area contributed by atoms with Crippen LogP contribution >= 0.6 is 0 Å². The van der Waals surface area contributed by atoms with E-state index in [1.807, 2.05) is 18.2 Å². The molecule has 0 aliphatic carbocycles. The second kappa shape index (κ2) is 7.22. The lowest BCUT2D eigenvalue weighted by Crippen LogP contribution is -2.46. The summed E-state index contributed by atoms with van der Waals surface area (Å²) in [6.07, 6.45) is 0. The highest BCUT2D eigenvalue weighted by molar-refractivity contribution is 5.81.